The minimum Gasteiger partial charge on any atom is -0.480 e. The Kier molecular flexibility index (Phi) is 7.22. The summed E-state index contributed by atoms with van der Waals surface area (Å²) in [6, 6.07) is 1.54. The third kappa shape index (κ3) is 6.47. The number of rotatable bonds is 8. The van der Waals surface area contributed by atoms with Crippen LogP contribution in [-0.4, -0.2) is 23.0 Å². The smallest absolute Gasteiger partial charge is 0.326 e. The number of hydrogen-bond donors (Lipinski definition) is 2. The molecule has 0 aliphatic heterocycles. The van der Waals surface area contributed by atoms with Gasteiger partial charge in [-0.05, 0) is 30.2 Å². The number of carboxylic acids is 1. The van der Waals surface area contributed by atoms with E-state index in [-0.39, 0.29) is 12.0 Å². The Morgan fingerprint density at radius 1 is 1.27 bits per heavy atom. The Bertz CT molecular complexity index is 538. The van der Waals surface area contributed by atoms with Crippen LogP contribution < -0.4 is 5.32 Å². The molecule has 0 saturated carbocycles. The lowest BCUT2D eigenvalue weighted by Crippen LogP contribution is -2.41. The largest absolute Gasteiger partial charge is 0.480 e. The summed E-state index contributed by atoms with van der Waals surface area (Å²) in [5.74, 6) is -3.38. The number of aliphatic carboxylic acids is 1. The molecule has 0 fully saturated rings. The van der Waals surface area contributed by atoms with Gasteiger partial charge in [0.05, 0.1) is 0 Å². The van der Waals surface area contributed by atoms with Gasteiger partial charge in [0.2, 0.25) is 5.91 Å². The maximum absolute atomic E-state index is 13.1. The molecule has 0 saturated heterocycles. The van der Waals surface area contributed by atoms with Gasteiger partial charge in [-0.25, -0.2) is 13.6 Å². The first-order chi connectivity index (χ1) is 10.4. The fourth-order valence-electron chi connectivity index (χ4n) is 1.90. The molecule has 0 radical (unpaired) electrons. The molecule has 1 atom stereocenters. The van der Waals surface area contributed by atoms with Crippen molar-refractivity contribution in [3.63, 3.8) is 0 Å². The van der Waals surface area contributed by atoms with Crippen LogP contribution in [-0.2, 0) is 16.0 Å². The molecule has 22 heavy (non-hydrogen) atoms. The Morgan fingerprint density at radius 2 is 1.91 bits per heavy atom. The van der Waals surface area contributed by atoms with Gasteiger partial charge < -0.3 is 10.4 Å². The molecule has 4 nitrogen and oxygen atoms in total. The summed E-state index contributed by atoms with van der Waals surface area (Å²) in [5, 5.41) is 11.4. The van der Waals surface area contributed by atoms with Crippen molar-refractivity contribution in [3.8, 4) is 0 Å². The van der Waals surface area contributed by atoms with E-state index in [2.05, 4.69) is 5.32 Å². The molecular weight excluding hydrogens is 292 g/mol. The van der Waals surface area contributed by atoms with Gasteiger partial charge in [0.1, 0.15) is 17.7 Å². The van der Waals surface area contributed by atoms with Crippen molar-refractivity contribution in [2.75, 3.05) is 0 Å². The first-order valence-electron chi connectivity index (χ1n) is 7.07. The zero-order valence-electron chi connectivity index (χ0n) is 12.3. The van der Waals surface area contributed by atoms with Crippen LogP contribution in [0.2, 0.25) is 0 Å². The van der Waals surface area contributed by atoms with Gasteiger partial charge in [0, 0.05) is 12.5 Å². The SMILES string of the molecule is CCCCC=CC(=O)N[C@@H](Cc1cc(F)cc(F)c1)C(=O)O. The number of carboxylic acid groups (broad SMARTS) is 1. The van der Waals surface area contributed by atoms with E-state index < -0.39 is 29.6 Å². The second-order valence-electron chi connectivity index (χ2n) is 4.93. The number of nitrogens with one attached hydrogen (secondary N) is 1. The number of amides is 1. The van der Waals surface area contributed by atoms with Crippen LogP contribution in [0.5, 0.6) is 0 Å². The quantitative estimate of drug-likeness (QED) is 0.573. The highest BCUT2D eigenvalue weighted by Crippen LogP contribution is 2.10. The van der Waals surface area contributed by atoms with Crippen LogP contribution in [0.3, 0.4) is 0 Å². The summed E-state index contributed by atoms with van der Waals surface area (Å²) in [6.07, 6.45) is 5.41. The summed E-state index contributed by atoms with van der Waals surface area (Å²) in [4.78, 5) is 22.8. The van der Waals surface area contributed by atoms with Crippen LogP contribution in [0, 0.1) is 11.6 Å². The van der Waals surface area contributed by atoms with E-state index in [1.165, 1.54) is 6.08 Å². The summed E-state index contributed by atoms with van der Waals surface area (Å²) in [5.41, 5.74) is 0.167. The number of halogens is 2. The van der Waals surface area contributed by atoms with Crippen molar-refractivity contribution in [2.24, 2.45) is 0 Å². The van der Waals surface area contributed by atoms with Gasteiger partial charge in [0.15, 0.2) is 0 Å². The molecule has 0 bridgehead atoms. The Hall–Kier alpha value is -2.24. The van der Waals surface area contributed by atoms with E-state index in [0.717, 1.165) is 31.4 Å². The minimum absolute atomic E-state index is 0.167. The van der Waals surface area contributed by atoms with Crippen LogP contribution in [0.25, 0.3) is 0 Å². The average Bonchev–Trinajstić information content (AvgIpc) is 2.41. The van der Waals surface area contributed by atoms with Crippen molar-refractivity contribution < 1.29 is 23.5 Å². The Morgan fingerprint density at radius 3 is 2.45 bits per heavy atom. The third-order valence-corrected chi connectivity index (χ3v) is 2.97. The molecule has 0 heterocycles. The zero-order valence-corrected chi connectivity index (χ0v) is 12.3. The lowest BCUT2D eigenvalue weighted by atomic mass is 10.1. The number of hydrogen-bond acceptors (Lipinski definition) is 2. The van der Waals surface area contributed by atoms with Crippen LogP contribution in [0.4, 0.5) is 8.78 Å². The third-order valence-electron chi connectivity index (χ3n) is 2.97. The molecule has 2 N–H and O–H groups in total. The zero-order chi connectivity index (χ0) is 16.5. The summed E-state index contributed by atoms with van der Waals surface area (Å²) in [7, 11) is 0. The molecule has 0 spiro atoms. The summed E-state index contributed by atoms with van der Waals surface area (Å²) >= 11 is 0. The van der Waals surface area contributed by atoms with Crippen LogP contribution in [0.1, 0.15) is 31.7 Å². The first kappa shape index (κ1) is 17.8. The van der Waals surface area contributed by atoms with Crippen molar-refractivity contribution in [1.82, 2.24) is 5.32 Å². The van der Waals surface area contributed by atoms with Gasteiger partial charge in [-0.1, -0.05) is 25.8 Å². The van der Waals surface area contributed by atoms with Gasteiger partial charge in [0.25, 0.3) is 0 Å². The van der Waals surface area contributed by atoms with Gasteiger partial charge in [-0.15, -0.1) is 0 Å². The lowest BCUT2D eigenvalue weighted by molar-refractivity contribution is -0.141. The molecular formula is C16H19F2NO3. The van der Waals surface area contributed by atoms with Gasteiger partial charge in [-0.2, -0.15) is 0 Å². The van der Waals surface area contributed by atoms with Crippen molar-refractivity contribution in [3.05, 3.63) is 47.5 Å². The van der Waals surface area contributed by atoms with E-state index >= 15 is 0 Å². The Balaban J connectivity index is 2.67. The second kappa shape index (κ2) is 8.92. The van der Waals surface area contributed by atoms with Crippen molar-refractivity contribution in [2.45, 2.75) is 38.6 Å². The fourth-order valence-corrected chi connectivity index (χ4v) is 1.90. The number of unbranched alkanes of at least 4 members (excludes halogenated alkanes) is 2. The molecule has 120 valence electrons. The molecule has 1 aromatic rings. The number of benzene rings is 1. The van der Waals surface area contributed by atoms with Crippen molar-refractivity contribution >= 4 is 11.9 Å². The number of allylic oxidation sites excluding steroid dienone is 1. The number of carbonyl (C=O) groups is 2. The first-order valence-corrected chi connectivity index (χ1v) is 7.07. The molecule has 1 amide bonds. The molecule has 0 unspecified atom stereocenters. The highest BCUT2D eigenvalue weighted by atomic mass is 19.1. The van der Waals surface area contributed by atoms with Gasteiger partial charge in [-0.3, -0.25) is 4.79 Å². The average molecular weight is 311 g/mol. The van der Waals surface area contributed by atoms with Crippen LogP contribution in [0.15, 0.2) is 30.4 Å². The predicted molar refractivity (Wildman–Crippen MR) is 78.3 cm³/mol. The standard InChI is InChI=1S/C16H19F2NO3/c1-2-3-4-5-6-15(20)19-14(16(21)22)9-11-7-12(17)10-13(18)8-11/h5-8,10,14H,2-4,9H2,1H3,(H,19,20)(H,21,22)/t14-/m0/s1. The highest BCUT2D eigenvalue weighted by molar-refractivity contribution is 5.91. The molecule has 0 aliphatic rings. The lowest BCUT2D eigenvalue weighted by Gasteiger charge is -2.13. The van der Waals surface area contributed by atoms with E-state index in [4.69, 9.17) is 5.11 Å². The normalized spacial score (nSPS) is 12.3. The molecule has 1 rings (SSSR count). The topological polar surface area (TPSA) is 66.4 Å². The van der Waals surface area contributed by atoms with E-state index in [0.29, 0.717) is 6.07 Å². The molecule has 1 aromatic carbocycles. The van der Waals surface area contributed by atoms with E-state index in [1.54, 1.807) is 6.08 Å². The monoisotopic (exact) mass is 311 g/mol. The molecule has 6 heteroatoms. The maximum Gasteiger partial charge on any atom is 0.326 e. The number of carbonyl (C=O) groups excluding carboxylic acids is 1. The van der Waals surface area contributed by atoms with Crippen molar-refractivity contribution in [1.29, 1.82) is 0 Å². The Labute approximate surface area is 127 Å². The predicted octanol–water partition coefficient (Wildman–Crippen LogP) is 2.82. The van der Waals surface area contributed by atoms with E-state index in [9.17, 15) is 18.4 Å². The summed E-state index contributed by atoms with van der Waals surface area (Å²) in [6.45, 7) is 2.02. The second-order valence-corrected chi connectivity index (χ2v) is 4.93. The summed E-state index contributed by atoms with van der Waals surface area (Å²) < 4.78 is 26.2. The fraction of sp³-hybridized carbons (Fsp3) is 0.375. The molecule has 0 aliphatic carbocycles. The minimum atomic E-state index is -1.26. The maximum atomic E-state index is 13.1. The van der Waals surface area contributed by atoms with E-state index in [1.807, 2.05) is 6.92 Å². The highest BCUT2D eigenvalue weighted by Gasteiger charge is 2.20. The molecule has 0 aromatic heterocycles. The van der Waals surface area contributed by atoms with Crippen LogP contribution >= 0.6 is 0 Å². The van der Waals surface area contributed by atoms with Gasteiger partial charge >= 0.3 is 5.97 Å².